The van der Waals surface area contributed by atoms with Crippen LogP contribution in [0.2, 0.25) is 0 Å². The molecule has 3 N–H and O–H groups in total. The largest absolute Gasteiger partial charge is 0.503 e. The van der Waals surface area contributed by atoms with Crippen molar-refractivity contribution in [2.75, 3.05) is 13.1 Å². The van der Waals surface area contributed by atoms with E-state index in [4.69, 9.17) is 4.74 Å². The number of hydrogen-bond donors (Lipinski definition) is 3. The van der Waals surface area contributed by atoms with Gasteiger partial charge in [-0.3, -0.25) is 4.79 Å². The minimum absolute atomic E-state index is 0.230. The summed E-state index contributed by atoms with van der Waals surface area (Å²) in [5.41, 5.74) is 0.159. The number of aromatic amines is 1. The van der Waals surface area contributed by atoms with Crippen LogP contribution in [-0.4, -0.2) is 45.8 Å². The van der Waals surface area contributed by atoms with E-state index in [1.54, 1.807) is 4.90 Å². The zero-order valence-electron chi connectivity index (χ0n) is 14.4. The molecule has 1 aliphatic carbocycles. The van der Waals surface area contributed by atoms with Crippen LogP contribution in [0.25, 0.3) is 0 Å². The number of hydrogen-bond acceptors (Lipinski definition) is 5. The summed E-state index contributed by atoms with van der Waals surface area (Å²) >= 11 is 0. The number of rotatable bonds is 3. The highest BCUT2D eigenvalue weighted by Crippen LogP contribution is 2.48. The third-order valence-corrected chi connectivity index (χ3v) is 4.60. The highest BCUT2D eigenvalue weighted by atomic mass is 16.6. The SMILES string of the molecule is CC(C)(C)OC(=O)N1CC2(CC(NCc3cc(=O)c(O)c[nH]3)C2)C1. The van der Waals surface area contributed by atoms with Crippen molar-refractivity contribution in [3.63, 3.8) is 0 Å². The Bertz CT molecular complexity index is 678. The number of nitrogens with one attached hydrogen (secondary N) is 2. The maximum absolute atomic E-state index is 12.0. The smallest absolute Gasteiger partial charge is 0.410 e. The van der Waals surface area contributed by atoms with Crippen molar-refractivity contribution in [2.24, 2.45) is 5.41 Å². The third kappa shape index (κ3) is 3.56. The number of amides is 1. The zero-order chi connectivity index (χ0) is 17.5. The number of ether oxygens (including phenoxy) is 1. The van der Waals surface area contributed by atoms with E-state index in [-0.39, 0.29) is 22.7 Å². The molecule has 0 bridgehead atoms. The number of aromatic hydroxyl groups is 1. The lowest BCUT2D eigenvalue weighted by Gasteiger charge is -2.58. The number of pyridine rings is 1. The van der Waals surface area contributed by atoms with Gasteiger partial charge in [-0.15, -0.1) is 0 Å². The maximum atomic E-state index is 12.0. The number of likely N-dealkylation sites (tertiary alicyclic amines) is 1. The monoisotopic (exact) mass is 335 g/mol. The molecule has 0 unspecified atom stereocenters. The molecule has 132 valence electrons. The number of aromatic nitrogens is 1. The molecule has 7 heteroatoms. The average Bonchev–Trinajstić information content (AvgIpc) is 2.37. The van der Waals surface area contributed by atoms with Crippen LogP contribution < -0.4 is 10.7 Å². The van der Waals surface area contributed by atoms with Gasteiger partial charge in [0.1, 0.15) is 5.60 Å². The van der Waals surface area contributed by atoms with Gasteiger partial charge in [-0.2, -0.15) is 0 Å². The van der Waals surface area contributed by atoms with E-state index < -0.39 is 5.60 Å². The van der Waals surface area contributed by atoms with Gasteiger partial charge in [0.05, 0.1) is 0 Å². The highest BCUT2D eigenvalue weighted by Gasteiger charge is 2.54. The van der Waals surface area contributed by atoms with E-state index >= 15 is 0 Å². The number of carbonyl (C=O) groups excluding carboxylic acids is 1. The second-order valence-corrected chi connectivity index (χ2v) is 8.03. The van der Waals surface area contributed by atoms with Crippen LogP contribution in [0.15, 0.2) is 17.1 Å². The molecule has 1 aromatic heterocycles. The Hall–Kier alpha value is -2.02. The summed E-state index contributed by atoms with van der Waals surface area (Å²) in [4.78, 5) is 28.0. The molecule has 2 aliphatic rings. The minimum Gasteiger partial charge on any atom is -0.503 e. The van der Waals surface area contributed by atoms with Crippen molar-refractivity contribution in [3.8, 4) is 5.75 Å². The lowest BCUT2D eigenvalue weighted by molar-refractivity contribution is -0.0830. The van der Waals surface area contributed by atoms with Crippen LogP contribution >= 0.6 is 0 Å². The van der Waals surface area contributed by atoms with E-state index in [1.165, 1.54) is 12.3 Å². The van der Waals surface area contributed by atoms with Crippen molar-refractivity contribution in [1.29, 1.82) is 0 Å². The average molecular weight is 335 g/mol. The maximum Gasteiger partial charge on any atom is 0.410 e. The lowest BCUT2D eigenvalue weighted by atomic mass is 9.61. The Balaban J connectivity index is 1.40. The van der Waals surface area contributed by atoms with Crippen molar-refractivity contribution in [3.05, 3.63) is 28.2 Å². The molecule has 1 saturated heterocycles. The molecule has 3 rings (SSSR count). The van der Waals surface area contributed by atoms with Crippen molar-refractivity contribution >= 4 is 6.09 Å². The van der Waals surface area contributed by atoms with E-state index in [0.717, 1.165) is 31.6 Å². The van der Waals surface area contributed by atoms with Gasteiger partial charge in [0.15, 0.2) is 5.75 Å². The molecule has 0 atom stereocenters. The topological polar surface area (TPSA) is 94.7 Å². The van der Waals surface area contributed by atoms with Crippen LogP contribution in [0.3, 0.4) is 0 Å². The molecule has 1 saturated carbocycles. The molecule has 1 spiro atoms. The molecule has 2 fully saturated rings. The fourth-order valence-corrected chi connectivity index (χ4v) is 3.47. The first-order valence-electron chi connectivity index (χ1n) is 8.28. The van der Waals surface area contributed by atoms with E-state index in [1.807, 2.05) is 20.8 Å². The molecule has 2 heterocycles. The summed E-state index contributed by atoms with van der Waals surface area (Å²) in [5, 5.41) is 12.6. The van der Waals surface area contributed by atoms with Gasteiger partial charge in [-0.05, 0) is 33.6 Å². The second-order valence-electron chi connectivity index (χ2n) is 8.03. The van der Waals surface area contributed by atoms with Crippen LogP contribution in [0.5, 0.6) is 5.75 Å². The second kappa shape index (κ2) is 5.81. The van der Waals surface area contributed by atoms with Crippen molar-refractivity contribution in [2.45, 2.75) is 51.8 Å². The van der Waals surface area contributed by atoms with Crippen molar-refractivity contribution < 1.29 is 14.6 Å². The molecule has 7 nitrogen and oxygen atoms in total. The Labute approximate surface area is 141 Å². The fraction of sp³-hybridized carbons (Fsp3) is 0.647. The Morgan fingerprint density at radius 3 is 2.71 bits per heavy atom. The van der Waals surface area contributed by atoms with Crippen molar-refractivity contribution in [1.82, 2.24) is 15.2 Å². The van der Waals surface area contributed by atoms with E-state index in [9.17, 15) is 14.7 Å². The normalized spacial score (nSPS) is 19.7. The standard InChI is InChI=1S/C17H25N3O4/c1-16(2,3)24-15(23)20-9-17(10-20)5-12(6-17)18-7-11-4-13(21)14(22)8-19-11/h4,8,12,18,22H,5-7,9-10H2,1-3H3,(H,19,21). The molecular formula is C17H25N3O4. The van der Waals surface area contributed by atoms with Gasteiger partial charge < -0.3 is 25.0 Å². The minimum atomic E-state index is -0.454. The van der Waals surface area contributed by atoms with Crippen LogP contribution in [0.4, 0.5) is 4.79 Å². The molecule has 0 aromatic carbocycles. The fourth-order valence-electron chi connectivity index (χ4n) is 3.47. The molecule has 1 aliphatic heterocycles. The van der Waals surface area contributed by atoms with Crippen LogP contribution in [-0.2, 0) is 11.3 Å². The van der Waals surface area contributed by atoms with Gasteiger partial charge in [0.25, 0.3) is 0 Å². The molecular weight excluding hydrogens is 310 g/mol. The Kier molecular flexibility index (Phi) is 4.07. The zero-order valence-corrected chi connectivity index (χ0v) is 14.4. The van der Waals surface area contributed by atoms with Crippen LogP contribution in [0, 0.1) is 5.41 Å². The predicted octanol–water partition coefficient (Wildman–Crippen LogP) is 1.57. The summed E-state index contributed by atoms with van der Waals surface area (Å²) in [5.74, 6) is -0.266. The summed E-state index contributed by atoms with van der Waals surface area (Å²) < 4.78 is 5.37. The third-order valence-electron chi connectivity index (χ3n) is 4.60. The number of H-pyrrole nitrogens is 1. The van der Waals surface area contributed by atoms with Gasteiger partial charge in [-0.1, -0.05) is 0 Å². The highest BCUT2D eigenvalue weighted by molar-refractivity contribution is 5.69. The predicted molar refractivity (Wildman–Crippen MR) is 88.8 cm³/mol. The first kappa shape index (κ1) is 16.8. The molecule has 24 heavy (non-hydrogen) atoms. The number of nitrogens with zero attached hydrogens (tertiary/aromatic N) is 1. The summed E-state index contributed by atoms with van der Waals surface area (Å²) in [6.07, 6.45) is 3.13. The molecule has 1 aromatic rings. The van der Waals surface area contributed by atoms with Gasteiger partial charge in [0.2, 0.25) is 5.43 Å². The van der Waals surface area contributed by atoms with Gasteiger partial charge in [0, 0.05) is 49.0 Å². The lowest BCUT2D eigenvalue weighted by Crippen LogP contribution is -2.67. The number of carbonyl (C=O) groups is 1. The summed E-state index contributed by atoms with van der Waals surface area (Å²) in [6.45, 7) is 7.70. The first-order chi connectivity index (χ1) is 11.2. The van der Waals surface area contributed by atoms with Gasteiger partial charge in [-0.25, -0.2) is 4.79 Å². The van der Waals surface area contributed by atoms with E-state index in [2.05, 4.69) is 10.3 Å². The van der Waals surface area contributed by atoms with E-state index in [0.29, 0.717) is 12.6 Å². The quantitative estimate of drug-likeness (QED) is 0.779. The molecule has 0 radical (unpaired) electrons. The summed E-state index contributed by atoms with van der Waals surface area (Å²) in [7, 11) is 0. The summed E-state index contributed by atoms with van der Waals surface area (Å²) in [6, 6.07) is 1.80. The Morgan fingerprint density at radius 1 is 1.46 bits per heavy atom. The first-order valence-corrected chi connectivity index (χ1v) is 8.28. The molecule has 1 amide bonds. The Morgan fingerprint density at radius 2 is 2.12 bits per heavy atom. The van der Waals surface area contributed by atoms with Crippen LogP contribution in [0.1, 0.15) is 39.3 Å². The van der Waals surface area contributed by atoms with Gasteiger partial charge >= 0.3 is 6.09 Å².